The predicted molar refractivity (Wildman–Crippen MR) is 91.2 cm³/mol. The molecule has 0 spiro atoms. The fourth-order valence-corrected chi connectivity index (χ4v) is 2.87. The lowest BCUT2D eigenvalue weighted by molar-refractivity contribution is -0.120. The largest absolute Gasteiger partial charge is 0.494 e. The first kappa shape index (κ1) is 16.4. The Bertz CT molecular complexity index is 584. The second-order valence-electron chi connectivity index (χ2n) is 4.87. The van der Waals surface area contributed by atoms with E-state index in [9.17, 15) is 4.79 Å². The minimum absolute atomic E-state index is 0.0442. The Hall–Kier alpha value is -1.94. The third-order valence-electron chi connectivity index (χ3n) is 3.13. The highest BCUT2D eigenvalue weighted by Crippen LogP contribution is 2.22. The van der Waals surface area contributed by atoms with Crippen molar-refractivity contribution in [3.63, 3.8) is 0 Å². The molecule has 0 unspecified atom stereocenters. The van der Waals surface area contributed by atoms with Gasteiger partial charge in [-0.2, -0.15) is 0 Å². The van der Waals surface area contributed by atoms with Crippen LogP contribution in [-0.2, 0) is 11.3 Å². The van der Waals surface area contributed by atoms with Crippen LogP contribution in [-0.4, -0.2) is 17.8 Å². The van der Waals surface area contributed by atoms with E-state index in [1.807, 2.05) is 68.4 Å². The number of hydrogen-bond acceptors (Lipinski definition) is 3. The lowest BCUT2D eigenvalue weighted by Gasteiger charge is -2.12. The highest BCUT2D eigenvalue weighted by molar-refractivity contribution is 8.00. The number of nitrogens with one attached hydrogen (secondary N) is 1. The predicted octanol–water partition coefficient (Wildman–Crippen LogP) is 3.88. The van der Waals surface area contributed by atoms with Crippen molar-refractivity contribution in [2.45, 2.75) is 30.5 Å². The van der Waals surface area contributed by atoms with Crippen LogP contribution < -0.4 is 10.1 Å². The lowest BCUT2D eigenvalue weighted by Crippen LogP contribution is -2.30. The van der Waals surface area contributed by atoms with Gasteiger partial charge in [0.2, 0.25) is 5.91 Å². The molecule has 0 aliphatic carbocycles. The normalized spacial score (nSPS) is 11.7. The first-order valence-electron chi connectivity index (χ1n) is 7.40. The molecule has 0 saturated heterocycles. The Morgan fingerprint density at radius 2 is 1.82 bits per heavy atom. The van der Waals surface area contributed by atoms with Crippen LogP contribution >= 0.6 is 11.8 Å². The van der Waals surface area contributed by atoms with Gasteiger partial charge in [0.05, 0.1) is 11.9 Å². The number of hydrogen-bond donors (Lipinski definition) is 1. The van der Waals surface area contributed by atoms with Crippen molar-refractivity contribution >= 4 is 17.7 Å². The van der Waals surface area contributed by atoms with E-state index in [0.717, 1.165) is 16.2 Å². The van der Waals surface area contributed by atoms with Gasteiger partial charge in [-0.3, -0.25) is 4.79 Å². The smallest absolute Gasteiger partial charge is 0.233 e. The molecule has 0 aliphatic heterocycles. The lowest BCUT2D eigenvalue weighted by atomic mass is 10.2. The van der Waals surface area contributed by atoms with E-state index < -0.39 is 0 Å². The maximum atomic E-state index is 12.1. The van der Waals surface area contributed by atoms with Gasteiger partial charge in [0, 0.05) is 11.4 Å². The summed E-state index contributed by atoms with van der Waals surface area (Å²) in [6, 6.07) is 17.8. The summed E-state index contributed by atoms with van der Waals surface area (Å²) in [5.74, 6) is 0.897. The summed E-state index contributed by atoms with van der Waals surface area (Å²) in [5.41, 5.74) is 1.06. The third kappa shape index (κ3) is 5.11. The highest BCUT2D eigenvalue weighted by Gasteiger charge is 2.13. The molecule has 0 radical (unpaired) electrons. The van der Waals surface area contributed by atoms with Gasteiger partial charge in [0.15, 0.2) is 0 Å². The Labute approximate surface area is 136 Å². The van der Waals surface area contributed by atoms with Gasteiger partial charge in [-0.1, -0.05) is 30.3 Å². The summed E-state index contributed by atoms with van der Waals surface area (Å²) in [5, 5.41) is 2.85. The standard InChI is InChI=1S/C18H21NO2S/c1-3-21-16-11-9-15(10-12-16)13-19-18(20)14(2)22-17-7-5-4-6-8-17/h4-12,14H,3,13H2,1-2H3,(H,19,20)/t14-/m1/s1. The summed E-state index contributed by atoms with van der Waals surface area (Å²) in [4.78, 5) is 13.2. The first-order chi connectivity index (χ1) is 10.7. The zero-order valence-electron chi connectivity index (χ0n) is 12.9. The van der Waals surface area contributed by atoms with Crippen molar-refractivity contribution in [1.29, 1.82) is 0 Å². The van der Waals surface area contributed by atoms with E-state index in [4.69, 9.17) is 4.74 Å². The van der Waals surface area contributed by atoms with E-state index in [0.29, 0.717) is 13.2 Å². The van der Waals surface area contributed by atoms with Crippen LogP contribution in [0.5, 0.6) is 5.75 Å². The van der Waals surface area contributed by atoms with E-state index in [1.165, 1.54) is 0 Å². The molecular weight excluding hydrogens is 294 g/mol. The van der Waals surface area contributed by atoms with Crippen LogP contribution in [0.15, 0.2) is 59.5 Å². The summed E-state index contributed by atoms with van der Waals surface area (Å²) in [6.45, 7) is 5.07. The summed E-state index contributed by atoms with van der Waals surface area (Å²) >= 11 is 1.56. The Morgan fingerprint density at radius 1 is 1.14 bits per heavy atom. The molecule has 0 saturated carbocycles. The molecule has 2 aromatic carbocycles. The summed E-state index contributed by atoms with van der Waals surface area (Å²) in [6.07, 6.45) is 0. The van der Waals surface area contributed by atoms with Gasteiger partial charge >= 0.3 is 0 Å². The zero-order chi connectivity index (χ0) is 15.8. The fraction of sp³-hybridized carbons (Fsp3) is 0.278. The molecule has 0 aromatic heterocycles. The minimum atomic E-state index is -0.120. The summed E-state index contributed by atoms with van der Waals surface area (Å²) < 4.78 is 5.40. The Morgan fingerprint density at radius 3 is 2.45 bits per heavy atom. The van der Waals surface area contributed by atoms with E-state index in [1.54, 1.807) is 11.8 Å². The molecule has 1 N–H and O–H groups in total. The van der Waals surface area contributed by atoms with Gasteiger partial charge in [0.1, 0.15) is 5.75 Å². The fourth-order valence-electron chi connectivity index (χ4n) is 1.96. The van der Waals surface area contributed by atoms with Crippen molar-refractivity contribution in [1.82, 2.24) is 5.32 Å². The van der Waals surface area contributed by atoms with E-state index >= 15 is 0 Å². The molecule has 2 rings (SSSR count). The number of thioether (sulfide) groups is 1. The molecule has 0 aliphatic rings. The van der Waals surface area contributed by atoms with E-state index in [2.05, 4.69) is 5.32 Å². The second kappa shape index (κ2) is 8.49. The maximum Gasteiger partial charge on any atom is 0.233 e. The van der Waals surface area contributed by atoms with Gasteiger partial charge in [-0.15, -0.1) is 11.8 Å². The number of carbonyl (C=O) groups excluding carboxylic acids is 1. The van der Waals surface area contributed by atoms with Crippen LogP contribution in [0.2, 0.25) is 0 Å². The second-order valence-corrected chi connectivity index (χ2v) is 6.28. The van der Waals surface area contributed by atoms with Gasteiger partial charge in [-0.25, -0.2) is 0 Å². The Kier molecular flexibility index (Phi) is 6.34. The van der Waals surface area contributed by atoms with E-state index in [-0.39, 0.29) is 11.2 Å². The quantitative estimate of drug-likeness (QED) is 0.788. The third-order valence-corrected chi connectivity index (χ3v) is 4.24. The Balaban J connectivity index is 1.81. The maximum absolute atomic E-state index is 12.1. The topological polar surface area (TPSA) is 38.3 Å². The minimum Gasteiger partial charge on any atom is -0.494 e. The molecule has 4 heteroatoms. The zero-order valence-corrected chi connectivity index (χ0v) is 13.7. The van der Waals surface area contributed by atoms with Crippen LogP contribution in [0, 0.1) is 0 Å². The molecular formula is C18H21NO2S. The van der Waals surface area contributed by atoms with Crippen LogP contribution in [0.1, 0.15) is 19.4 Å². The molecule has 0 bridgehead atoms. The van der Waals surface area contributed by atoms with Crippen LogP contribution in [0.4, 0.5) is 0 Å². The number of rotatable bonds is 7. The number of carbonyl (C=O) groups is 1. The molecule has 1 atom stereocenters. The van der Waals surface area contributed by atoms with Crippen molar-refractivity contribution < 1.29 is 9.53 Å². The number of ether oxygens (including phenoxy) is 1. The molecule has 22 heavy (non-hydrogen) atoms. The number of benzene rings is 2. The van der Waals surface area contributed by atoms with Gasteiger partial charge < -0.3 is 10.1 Å². The first-order valence-corrected chi connectivity index (χ1v) is 8.28. The van der Waals surface area contributed by atoms with Crippen molar-refractivity contribution in [3.8, 4) is 5.75 Å². The molecule has 3 nitrogen and oxygen atoms in total. The molecule has 0 fully saturated rings. The van der Waals surface area contributed by atoms with Gasteiger partial charge in [0.25, 0.3) is 0 Å². The van der Waals surface area contributed by atoms with Gasteiger partial charge in [-0.05, 0) is 43.7 Å². The monoisotopic (exact) mass is 315 g/mol. The highest BCUT2D eigenvalue weighted by atomic mass is 32.2. The number of amides is 1. The average molecular weight is 315 g/mol. The molecule has 1 amide bonds. The molecule has 116 valence electrons. The van der Waals surface area contributed by atoms with Crippen LogP contribution in [0.25, 0.3) is 0 Å². The average Bonchev–Trinajstić information content (AvgIpc) is 2.55. The molecule has 0 heterocycles. The van der Waals surface area contributed by atoms with Crippen LogP contribution in [0.3, 0.4) is 0 Å². The van der Waals surface area contributed by atoms with Crippen molar-refractivity contribution in [3.05, 3.63) is 60.2 Å². The molecule has 2 aromatic rings. The summed E-state index contributed by atoms with van der Waals surface area (Å²) in [7, 11) is 0. The SMILES string of the molecule is CCOc1ccc(CNC(=O)[C@@H](C)Sc2ccccc2)cc1. The van der Waals surface area contributed by atoms with Crippen molar-refractivity contribution in [2.75, 3.05) is 6.61 Å². The van der Waals surface area contributed by atoms with Crippen molar-refractivity contribution in [2.24, 2.45) is 0 Å².